The molecule has 0 saturated heterocycles. The molecule has 2 heterocycles. The maximum Gasteiger partial charge on any atom is 0.294 e. The Morgan fingerprint density at radius 1 is 1.43 bits per heavy atom. The molecule has 8 nitrogen and oxygen atoms in total. The van der Waals surface area contributed by atoms with E-state index in [1.54, 1.807) is 6.20 Å². The Balaban J connectivity index is 1.64. The van der Waals surface area contributed by atoms with Gasteiger partial charge in [0.05, 0.1) is 22.6 Å². The Bertz CT molecular complexity index is 1040. The lowest BCUT2D eigenvalue weighted by Crippen LogP contribution is -2.36. The number of benzene rings is 1. The van der Waals surface area contributed by atoms with Crippen LogP contribution in [0, 0.1) is 0 Å². The third-order valence-corrected chi connectivity index (χ3v) is 6.59. The van der Waals surface area contributed by atoms with E-state index in [9.17, 15) is 9.59 Å². The van der Waals surface area contributed by atoms with E-state index in [0.29, 0.717) is 30.5 Å². The number of hydrogen-bond acceptors (Lipinski definition) is 7. The SMILES string of the molecule is CCC(C(c1ccc2nc(NC(=O)C3(OC=O)CC3)sc2c1)n1ccnc1)N(C)C. The van der Waals surface area contributed by atoms with Gasteiger partial charge in [0.2, 0.25) is 0 Å². The molecule has 1 aliphatic rings. The van der Waals surface area contributed by atoms with Crippen molar-refractivity contribution in [2.75, 3.05) is 19.4 Å². The molecule has 2 aromatic heterocycles. The van der Waals surface area contributed by atoms with Crippen molar-refractivity contribution < 1.29 is 14.3 Å². The summed E-state index contributed by atoms with van der Waals surface area (Å²) in [7, 11) is 4.18. The molecule has 30 heavy (non-hydrogen) atoms. The van der Waals surface area contributed by atoms with Gasteiger partial charge in [-0.05, 0) is 38.2 Å². The predicted octanol–water partition coefficient (Wildman–Crippen LogP) is 3.07. The van der Waals surface area contributed by atoms with Crippen LogP contribution in [0.15, 0.2) is 36.9 Å². The Morgan fingerprint density at radius 2 is 2.23 bits per heavy atom. The van der Waals surface area contributed by atoms with Gasteiger partial charge in [-0.1, -0.05) is 24.3 Å². The van der Waals surface area contributed by atoms with E-state index in [1.165, 1.54) is 11.3 Å². The Morgan fingerprint density at radius 3 is 2.83 bits per heavy atom. The molecular formula is C21H25N5O3S. The number of likely N-dealkylation sites (N-methyl/N-ethyl adjacent to an activating group) is 1. The number of thiazole rings is 1. The van der Waals surface area contributed by atoms with Crippen LogP contribution in [0.1, 0.15) is 37.8 Å². The van der Waals surface area contributed by atoms with E-state index in [0.717, 1.165) is 22.2 Å². The molecule has 3 aromatic rings. The van der Waals surface area contributed by atoms with E-state index >= 15 is 0 Å². The second-order valence-electron chi connectivity index (χ2n) is 7.80. The molecule has 158 valence electrons. The molecule has 1 aromatic carbocycles. The summed E-state index contributed by atoms with van der Waals surface area (Å²) in [5.41, 5.74) is 0.963. The number of nitrogens with zero attached hydrogens (tertiary/aromatic N) is 4. The molecule has 2 unspecified atom stereocenters. The lowest BCUT2D eigenvalue weighted by atomic mass is 9.96. The monoisotopic (exact) mass is 427 g/mol. The summed E-state index contributed by atoms with van der Waals surface area (Å²) in [4.78, 5) is 34.1. The standard InChI is InChI=1S/C21H25N5O3S/c1-4-16(25(2)3)18(26-10-9-22-12-26)14-5-6-15-17(11-14)30-20(23-15)24-19(28)21(7-8-21)29-13-27/h5-6,9-13,16,18H,4,7-8H2,1-3H3,(H,23,24,28). The fraction of sp³-hybridized carbons (Fsp3) is 0.429. The van der Waals surface area contributed by atoms with Crippen LogP contribution in [0.4, 0.5) is 5.13 Å². The van der Waals surface area contributed by atoms with E-state index < -0.39 is 5.60 Å². The summed E-state index contributed by atoms with van der Waals surface area (Å²) >= 11 is 1.42. The number of rotatable bonds is 9. The third kappa shape index (κ3) is 3.82. The number of imidazole rings is 1. The van der Waals surface area contributed by atoms with Gasteiger partial charge < -0.3 is 14.2 Å². The van der Waals surface area contributed by atoms with Crippen LogP contribution in [-0.2, 0) is 14.3 Å². The van der Waals surface area contributed by atoms with Crippen LogP contribution in [-0.4, -0.2) is 57.6 Å². The Hall–Kier alpha value is -2.78. The first kappa shape index (κ1) is 20.5. The number of hydrogen-bond donors (Lipinski definition) is 1. The Kier molecular flexibility index (Phi) is 5.57. The number of carbonyl (C=O) groups excluding carboxylic acids is 2. The number of carbonyl (C=O) groups is 2. The average Bonchev–Trinajstić information content (AvgIpc) is 3.13. The zero-order chi connectivity index (χ0) is 21.3. The summed E-state index contributed by atoms with van der Waals surface area (Å²) in [6.45, 7) is 2.52. The number of ether oxygens (including phenoxy) is 1. The van der Waals surface area contributed by atoms with Crippen molar-refractivity contribution >= 4 is 39.1 Å². The largest absolute Gasteiger partial charge is 0.451 e. The molecule has 0 radical (unpaired) electrons. The zero-order valence-electron chi connectivity index (χ0n) is 17.2. The van der Waals surface area contributed by atoms with Crippen molar-refractivity contribution in [1.29, 1.82) is 0 Å². The number of anilines is 1. The molecule has 9 heteroatoms. The second kappa shape index (κ2) is 8.16. The smallest absolute Gasteiger partial charge is 0.294 e. The first-order valence-electron chi connectivity index (χ1n) is 9.94. The fourth-order valence-electron chi connectivity index (χ4n) is 3.89. The molecule has 4 rings (SSSR count). The van der Waals surface area contributed by atoms with Crippen molar-refractivity contribution in [2.24, 2.45) is 0 Å². The minimum absolute atomic E-state index is 0.104. The summed E-state index contributed by atoms with van der Waals surface area (Å²) in [5, 5.41) is 3.31. The van der Waals surface area contributed by atoms with Crippen molar-refractivity contribution in [1.82, 2.24) is 19.4 Å². The van der Waals surface area contributed by atoms with Gasteiger partial charge in [0.15, 0.2) is 10.7 Å². The predicted molar refractivity (Wildman–Crippen MR) is 115 cm³/mol. The highest BCUT2D eigenvalue weighted by atomic mass is 32.1. The lowest BCUT2D eigenvalue weighted by molar-refractivity contribution is -0.144. The van der Waals surface area contributed by atoms with Crippen molar-refractivity contribution in [3.8, 4) is 0 Å². The van der Waals surface area contributed by atoms with E-state index in [2.05, 4.69) is 57.9 Å². The minimum Gasteiger partial charge on any atom is -0.451 e. The Labute approximate surface area is 178 Å². The van der Waals surface area contributed by atoms with Crippen LogP contribution in [0.3, 0.4) is 0 Å². The van der Waals surface area contributed by atoms with E-state index in [4.69, 9.17) is 4.74 Å². The minimum atomic E-state index is -1.02. The van der Waals surface area contributed by atoms with Crippen LogP contribution < -0.4 is 5.32 Å². The molecule has 0 aliphatic heterocycles. The van der Waals surface area contributed by atoms with Crippen LogP contribution >= 0.6 is 11.3 Å². The quantitative estimate of drug-likeness (QED) is 0.528. The summed E-state index contributed by atoms with van der Waals surface area (Å²) in [6.07, 6.45) is 7.70. The molecular weight excluding hydrogens is 402 g/mol. The first-order chi connectivity index (χ1) is 14.5. The molecule has 1 fully saturated rings. The normalized spacial score (nSPS) is 16.9. The van der Waals surface area contributed by atoms with Crippen LogP contribution in [0.2, 0.25) is 0 Å². The van der Waals surface area contributed by atoms with E-state index in [-0.39, 0.29) is 11.9 Å². The molecule has 1 aliphatic carbocycles. The number of fused-ring (bicyclic) bond motifs is 1. The lowest BCUT2D eigenvalue weighted by Gasteiger charge is -2.33. The zero-order valence-corrected chi connectivity index (χ0v) is 18.1. The van der Waals surface area contributed by atoms with Gasteiger partial charge in [0, 0.05) is 31.3 Å². The highest BCUT2D eigenvalue weighted by Crippen LogP contribution is 2.40. The molecule has 1 saturated carbocycles. The van der Waals surface area contributed by atoms with Gasteiger partial charge >= 0.3 is 0 Å². The highest BCUT2D eigenvalue weighted by Gasteiger charge is 2.53. The maximum atomic E-state index is 12.5. The molecule has 2 atom stereocenters. The first-order valence-corrected chi connectivity index (χ1v) is 10.8. The molecule has 0 spiro atoms. The van der Waals surface area contributed by atoms with Crippen molar-refractivity contribution in [3.63, 3.8) is 0 Å². The summed E-state index contributed by atoms with van der Waals surface area (Å²) in [5.74, 6) is -0.316. The van der Waals surface area contributed by atoms with E-state index in [1.807, 2.05) is 18.6 Å². The number of amides is 1. The van der Waals surface area contributed by atoms with Crippen molar-refractivity contribution in [3.05, 3.63) is 42.5 Å². The third-order valence-electron chi connectivity index (χ3n) is 5.66. The molecule has 1 N–H and O–H groups in total. The summed E-state index contributed by atoms with van der Waals surface area (Å²) < 4.78 is 8.09. The topological polar surface area (TPSA) is 89.3 Å². The van der Waals surface area contributed by atoms with Gasteiger partial charge in [-0.2, -0.15) is 0 Å². The maximum absolute atomic E-state index is 12.5. The van der Waals surface area contributed by atoms with Gasteiger partial charge in [-0.3, -0.25) is 14.9 Å². The van der Waals surface area contributed by atoms with Crippen molar-refractivity contribution in [2.45, 2.75) is 43.9 Å². The number of nitrogens with one attached hydrogen (secondary N) is 1. The fourth-order valence-corrected chi connectivity index (χ4v) is 4.80. The van der Waals surface area contributed by atoms with Gasteiger partial charge in [-0.25, -0.2) is 9.97 Å². The van der Waals surface area contributed by atoms with Crippen LogP contribution in [0.25, 0.3) is 10.2 Å². The molecule has 0 bridgehead atoms. The van der Waals surface area contributed by atoms with Crippen LogP contribution in [0.5, 0.6) is 0 Å². The summed E-state index contributed by atoms with van der Waals surface area (Å²) in [6, 6.07) is 6.60. The second-order valence-corrected chi connectivity index (χ2v) is 8.83. The van der Waals surface area contributed by atoms with Gasteiger partial charge in [0.25, 0.3) is 12.4 Å². The highest BCUT2D eigenvalue weighted by molar-refractivity contribution is 7.22. The van der Waals surface area contributed by atoms with Gasteiger partial charge in [0.1, 0.15) is 0 Å². The van der Waals surface area contributed by atoms with Gasteiger partial charge in [-0.15, -0.1) is 0 Å². The number of aromatic nitrogens is 3. The molecule has 1 amide bonds. The average molecular weight is 428 g/mol.